The molecule has 0 aliphatic rings. The summed E-state index contributed by atoms with van der Waals surface area (Å²) in [4.78, 5) is 23.8. The lowest BCUT2D eigenvalue weighted by molar-refractivity contribution is -0.136. The van der Waals surface area contributed by atoms with Crippen LogP contribution in [-0.2, 0) is 19.6 Å². The van der Waals surface area contributed by atoms with Crippen LogP contribution in [0, 0.1) is 5.82 Å². The highest BCUT2D eigenvalue weighted by molar-refractivity contribution is 7.89. The van der Waals surface area contributed by atoms with Crippen LogP contribution in [0.15, 0.2) is 59.5 Å². The van der Waals surface area contributed by atoms with Gasteiger partial charge in [-0.1, -0.05) is 26.0 Å². The molecule has 0 aliphatic carbocycles. The first kappa shape index (κ1) is 22.4. The van der Waals surface area contributed by atoms with Crippen molar-refractivity contribution in [1.29, 1.82) is 0 Å². The van der Waals surface area contributed by atoms with E-state index in [1.807, 2.05) is 0 Å². The van der Waals surface area contributed by atoms with Crippen LogP contribution in [0.1, 0.15) is 29.8 Å². The second-order valence-corrected chi connectivity index (χ2v) is 7.97. The van der Waals surface area contributed by atoms with E-state index in [4.69, 9.17) is 4.74 Å². The highest BCUT2D eigenvalue weighted by atomic mass is 32.2. The zero-order valence-corrected chi connectivity index (χ0v) is 17.0. The predicted octanol–water partition coefficient (Wildman–Crippen LogP) is 3.30. The molecule has 0 saturated heterocycles. The molecule has 0 N–H and O–H groups in total. The lowest BCUT2D eigenvalue weighted by Gasteiger charge is -2.18. The summed E-state index contributed by atoms with van der Waals surface area (Å²) < 4.78 is 44.0. The molecule has 0 radical (unpaired) electrons. The Morgan fingerprint density at radius 3 is 2.14 bits per heavy atom. The third kappa shape index (κ3) is 6.07. The summed E-state index contributed by atoms with van der Waals surface area (Å²) in [5.41, 5.74) is 0.846. The lowest BCUT2D eigenvalue weighted by atomic mass is 10.1. The highest BCUT2D eigenvalue weighted by Crippen LogP contribution is 2.16. The number of ketones is 1. The van der Waals surface area contributed by atoms with Crippen LogP contribution < -0.4 is 0 Å². The Morgan fingerprint density at radius 2 is 1.59 bits per heavy atom. The maximum Gasteiger partial charge on any atom is 0.331 e. The van der Waals surface area contributed by atoms with Crippen LogP contribution in [0.3, 0.4) is 0 Å². The average Bonchev–Trinajstić information content (AvgIpc) is 2.72. The van der Waals surface area contributed by atoms with E-state index in [-0.39, 0.29) is 10.5 Å². The Balaban J connectivity index is 1.94. The second-order valence-electron chi connectivity index (χ2n) is 6.03. The minimum atomic E-state index is -3.54. The SMILES string of the molecule is CCN(CC)S(=O)(=O)c1ccc(C=CC(=O)OCC(=O)c2ccc(F)cc2)cc1. The third-order valence-electron chi connectivity index (χ3n) is 4.15. The van der Waals surface area contributed by atoms with Crippen molar-refractivity contribution >= 4 is 27.9 Å². The summed E-state index contributed by atoms with van der Waals surface area (Å²) in [6, 6.07) is 11.0. The van der Waals surface area contributed by atoms with E-state index in [2.05, 4.69) is 0 Å². The second kappa shape index (κ2) is 10.1. The van der Waals surface area contributed by atoms with Crippen LogP contribution in [0.4, 0.5) is 4.39 Å². The van der Waals surface area contributed by atoms with Gasteiger partial charge in [0.2, 0.25) is 10.0 Å². The summed E-state index contributed by atoms with van der Waals surface area (Å²) in [6.45, 7) is 3.83. The van der Waals surface area contributed by atoms with Gasteiger partial charge in [-0.25, -0.2) is 17.6 Å². The number of benzene rings is 2. The number of halogens is 1. The van der Waals surface area contributed by atoms with Gasteiger partial charge in [-0.05, 0) is 48.0 Å². The summed E-state index contributed by atoms with van der Waals surface area (Å²) in [6.07, 6.45) is 2.60. The van der Waals surface area contributed by atoms with Crippen molar-refractivity contribution in [2.45, 2.75) is 18.7 Å². The van der Waals surface area contributed by atoms with Gasteiger partial charge < -0.3 is 4.74 Å². The molecule has 0 unspecified atom stereocenters. The number of rotatable bonds is 9. The molecule has 2 aromatic carbocycles. The van der Waals surface area contributed by atoms with Crippen LogP contribution in [0.2, 0.25) is 0 Å². The summed E-state index contributed by atoms with van der Waals surface area (Å²) in [5.74, 6) is -1.63. The van der Waals surface area contributed by atoms with Gasteiger partial charge in [0, 0.05) is 24.7 Å². The first-order chi connectivity index (χ1) is 13.8. The number of Topliss-reactive ketones (excluding diaryl/α,β-unsaturated/α-hetero) is 1. The number of carbonyl (C=O) groups is 2. The molecule has 0 bridgehead atoms. The van der Waals surface area contributed by atoms with E-state index >= 15 is 0 Å². The lowest BCUT2D eigenvalue weighted by Crippen LogP contribution is -2.30. The number of ether oxygens (including phenoxy) is 1. The smallest absolute Gasteiger partial charge is 0.331 e. The van der Waals surface area contributed by atoms with Crippen molar-refractivity contribution in [3.8, 4) is 0 Å². The molecule has 6 nitrogen and oxygen atoms in total. The molecule has 0 aromatic heterocycles. The maximum atomic E-state index is 12.9. The Morgan fingerprint density at radius 1 is 1.00 bits per heavy atom. The fourth-order valence-electron chi connectivity index (χ4n) is 2.53. The van der Waals surface area contributed by atoms with Crippen molar-refractivity contribution in [2.75, 3.05) is 19.7 Å². The van der Waals surface area contributed by atoms with Crippen molar-refractivity contribution < 1.29 is 27.1 Å². The van der Waals surface area contributed by atoms with Crippen LogP contribution in [0.5, 0.6) is 0 Å². The van der Waals surface area contributed by atoms with E-state index < -0.39 is 34.2 Å². The monoisotopic (exact) mass is 419 g/mol. The number of hydrogen-bond donors (Lipinski definition) is 0. The van der Waals surface area contributed by atoms with Crippen molar-refractivity contribution in [3.05, 3.63) is 71.6 Å². The first-order valence-corrected chi connectivity index (χ1v) is 10.5. The van der Waals surface area contributed by atoms with Gasteiger partial charge in [0.15, 0.2) is 12.4 Å². The quantitative estimate of drug-likeness (QED) is 0.354. The van der Waals surface area contributed by atoms with Crippen LogP contribution in [0.25, 0.3) is 6.08 Å². The number of hydrogen-bond acceptors (Lipinski definition) is 5. The highest BCUT2D eigenvalue weighted by Gasteiger charge is 2.20. The third-order valence-corrected chi connectivity index (χ3v) is 6.21. The molecule has 0 atom stereocenters. The van der Waals surface area contributed by atoms with Gasteiger partial charge in [0.25, 0.3) is 0 Å². The molecular weight excluding hydrogens is 397 g/mol. The van der Waals surface area contributed by atoms with Gasteiger partial charge in [-0.2, -0.15) is 4.31 Å². The molecule has 154 valence electrons. The topological polar surface area (TPSA) is 80.8 Å². The number of esters is 1. The van der Waals surface area contributed by atoms with E-state index in [1.165, 1.54) is 34.6 Å². The van der Waals surface area contributed by atoms with Crippen molar-refractivity contribution in [1.82, 2.24) is 4.31 Å². The minimum absolute atomic E-state index is 0.172. The molecular formula is C21H22FNO5S. The predicted molar refractivity (Wildman–Crippen MR) is 107 cm³/mol. The fraction of sp³-hybridized carbons (Fsp3) is 0.238. The van der Waals surface area contributed by atoms with E-state index in [0.29, 0.717) is 18.7 Å². The molecule has 0 heterocycles. The summed E-state index contributed by atoms with van der Waals surface area (Å²) in [5, 5.41) is 0. The van der Waals surface area contributed by atoms with Gasteiger partial charge in [-0.15, -0.1) is 0 Å². The number of carbonyl (C=O) groups excluding carboxylic acids is 2. The molecule has 0 aliphatic heterocycles. The Bertz CT molecular complexity index is 979. The Kier molecular flexibility index (Phi) is 7.81. The number of sulfonamides is 1. The normalized spacial score (nSPS) is 11.7. The molecule has 0 spiro atoms. The van der Waals surface area contributed by atoms with Crippen LogP contribution >= 0.6 is 0 Å². The molecule has 2 aromatic rings. The average molecular weight is 419 g/mol. The van der Waals surface area contributed by atoms with Crippen molar-refractivity contribution in [3.63, 3.8) is 0 Å². The maximum absolute atomic E-state index is 12.9. The Hall–Kier alpha value is -2.84. The Labute approximate surface area is 169 Å². The van der Waals surface area contributed by atoms with Gasteiger partial charge in [-0.3, -0.25) is 4.79 Å². The first-order valence-electron chi connectivity index (χ1n) is 9.01. The summed E-state index contributed by atoms with van der Waals surface area (Å²) in [7, 11) is -3.54. The van der Waals surface area contributed by atoms with Gasteiger partial charge in [0.05, 0.1) is 4.90 Å². The fourth-order valence-corrected chi connectivity index (χ4v) is 3.99. The summed E-state index contributed by atoms with van der Waals surface area (Å²) >= 11 is 0. The van der Waals surface area contributed by atoms with Gasteiger partial charge in [0.1, 0.15) is 5.82 Å². The number of nitrogens with zero attached hydrogens (tertiary/aromatic N) is 1. The molecule has 0 fully saturated rings. The molecule has 2 rings (SSSR count). The van der Waals surface area contributed by atoms with Gasteiger partial charge >= 0.3 is 5.97 Å². The molecule has 0 amide bonds. The zero-order chi connectivity index (χ0) is 21.4. The molecule has 29 heavy (non-hydrogen) atoms. The van der Waals surface area contributed by atoms with E-state index in [0.717, 1.165) is 18.2 Å². The molecule has 0 saturated carbocycles. The minimum Gasteiger partial charge on any atom is -0.454 e. The van der Waals surface area contributed by atoms with E-state index in [9.17, 15) is 22.4 Å². The van der Waals surface area contributed by atoms with E-state index in [1.54, 1.807) is 26.0 Å². The standard InChI is InChI=1S/C21H22FNO5S/c1-3-23(4-2)29(26,27)19-12-5-16(6-13-19)7-14-21(25)28-15-20(24)17-8-10-18(22)11-9-17/h5-14H,3-4,15H2,1-2H3. The molecule has 8 heteroatoms. The zero-order valence-electron chi connectivity index (χ0n) is 16.2. The largest absolute Gasteiger partial charge is 0.454 e. The van der Waals surface area contributed by atoms with Crippen molar-refractivity contribution in [2.24, 2.45) is 0 Å². The van der Waals surface area contributed by atoms with Crippen LogP contribution in [-0.4, -0.2) is 44.2 Å².